The molecule has 0 radical (unpaired) electrons. The average molecular weight is 271 g/mol. The molecule has 0 aromatic carbocycles. The molecule has 1 aliphatic rings. The first-order valence-electron chi connectivity index (χ1n) is 6.14. The third-order valence-corrected chi connectivity index (χ3v) is 3.92. The second-order valence-electron chi connectivity index (χ2n) is 4.82. The number of nitrogens with one attached hydrogen (secondary N) is 1. The Hall–Kier alpha value is -1.16. The zero-order chi connectivity index (χ0) is 13.0. The van der Waals surface area contributed by atoms with E-state index in [0.29, 0.717) is 5.88 Å². The highest BCUT2D eigenvalue weighted by molar-refractivity contribution is 6.19. The van der Waals surface area contributed by atoms with Crippen LogP contribution in [-0.4, -0.2) is 22.3 Å². The summed E-state index contributed by atoms with van der Waals surface area (Å²) in [5.41, 5.74) is -0.103. The van der Waals surface area contributed by atoms with Crippen LogP contribution in [0.4, 0.5) is 4.39 Å². The van der Waals surface area contributed by atoms with Gasteiger partial charge in [0.05, 0.1) is 17.3 Å². The van der Waals surface area contributed by atoms with Crippen LogP contribution in [0.2, 0.25) is 0 Å². The number of hydrogen-bond donors (Lipinski definition) is 1. The maximum absolute atomic E-state index is 13.0. The summed E-state index contributed by atoms with van der Waals surface area (Å²) in [4.78, 5) is 15.7. The van der Waals surface area contributed by atoms with Crippen molar-refractivity contribution in [2.45, 2.75) is 37.6 Å². The highest BCUT2D eigenvalue weighted by atomic mass is 35.5. The van der Waals surface area contributed by atoms with E-state index < -0.39 is 5.82 Å². The van der Waals surface area contributed by atoms with Crippen LogP contribution in [0, 0.1) is 5.82 Å². The number of halogens is 2. The lowest BCUT2D eigenvalue weighted by Gasteiger charge is -2.36. The number of amides is 1. The van der Waals surface area contributed by atoms with E-state index in [-0.39, 0.29) is 17.0 Å². The molecule has 2 rings (SSSR count). The second-order valence-corrected chi connectivity index (χ2v) is 5.09. The lowest BCUT2D eigenvalue weighted by molar-refractivity contribution is 0.0884. The minimum atomic E-state index is -0.508. The van der Waals surface area contributed by atoms with Gasteiger partial charge in [0, 0.05) is 12.1 Å². The minimum Gasteiger partial charge on any atom is -0.345 e. The minimum absolute atomic E-state index is 0.241. The van der Waals surface area contributed by atoms with Crippen LogP contribution < -0.4 is 5.32 Å². The standard InChI is InChI=1S/C13H16ClFN2O/c14-9-13(4-2-1-3-5-13)17-12(18)10-6-11(15)8-16-7-10/h6-8H,1-5,9H2,(H,17,18). The van der Waals surface area contributed by atoms with Crippen molar-refractivity contribution in [1.82, 2.24) is 10.3 Å². The zero-order valence-electron chi connectivity index (χ0n) is 10.1. The fraction of sp³-hybridized carbons (Fsp3) is 0.538. The summed E-state index contributed by atoms with van der Waals surface area (Å²) in [6, 6.07) is 1.19. The van der Waals surface area contributed by atoms with Crippen molar-refractivity contribution in [1.29, 1.82) is 0 Å². The topological polar surface area (TPSA) is 42.0 Å². The number of hydrogen-bond acceptors (Lipinski definition) is 2. The molecule has 1 N–H and O–H groups in total. The third-order valence-electron chi connectivity index (χ3n) is 3.41. The van der Waals surface area contributed by atoms with E-state index >= 15 is 0 Å². The molecule has 3 nitrogen and oxygen atoms in total. The number of rotatable bonds is 3. The highest BCUT2D eigenvalue weighted by Crippen LogP contribution is 2.29. The molecule has 0 aliphatic heterocycles. The monoisotopic (exact) mass is 270 g/mol. The molecule has 0 bridgehead atoms. The Bertz CT molecular complexity index is 433. The molecule has 5 heteroatoms. The molecular weight excluding hydrogens is 255 g/mol. The molecule has 1 aromatic rings. The quantitative estimate of drug-likeness (QED) is 0.858. The van der Waals surface area contributed by atoms with Gasteiger partial charge in [-0.3, -0.25) is 9.78 Å². The summed E-state index contributed by atoms with van der Waals surface area (Å²) in [6.07, 6.45) is 7.51. The normalized spacial score (nSPS) is 18.3. The van der Waals surface area contributed by atoms with Gasteiger partial charge in [-0.25, -0.2) is 4.39 Å². The number of nitrogens with zero attached hydrogens (tertiary/aromatic N) is 1. The molecule has 1 amide bonds. The van der Waals surface area contributed by atoms with Crippen molar-refractivity contribution in [2.24, 2.45) is 0 Å². The van der Waals surface area contributed by atoms with Gasteiger partial charge in [0.25, 0.3) is 5.91 Å². The van der Waals surface area contributed by atoms with Crippen molar-refractivity contribution < 1.29 is 9.18 Å². The van der Waals surface area contributed by atoms with Gasteiger partial charge in [-0.05, 0) is 18.9 Å². The molecular formula is C13H16ClFN2O. The number of aromatic nitrogens is 1. The Morgan fingerprint density at radius 2 is 2.11 bits per heavy atom. The summed E-state index contributed by atoms with van der Waals surface area (Å²) in [7, 11) is 0. The molecule has 1 aliphatic carbocycles. The molecule has 0 spiro atoms. The van der Waals surface area contributed by atoms with Crippen LogP contribution in [-0.2, 0) is 0 Å². The predicted octanol–water partition coefficient (Wildman–Crippen LogP) is 2.89. The van der Waals surface area contributed by atoms with Gasteiger partial charge in [-0.1, -0.05) is 19.3 Å². The van der Waals surface area contributed by atoms with E-state index in [0.717, 1.165) is 31.9 Å². The fourth-order valence-electron chi connectivity index (χ4n) is 2.37. The van der Waals surface area contributed by atoms with Crippen molar-refractivity contribution in [3.63, 3.8) is 0 Å². The molecule has 0 saturated heterocycles. The van der Waals surface area contributed by atoms with Gasteiger partial charge in [0.15, 0.2) is 0 Å². The van der Waals surface area contributed by atoms with Crippen LogP contribution in [0.1, 0.15) is 42.5 Å². The molecule has 1 saturated carbocycles. The Kier molecular flexibility index (Phi) is 4.17. The van der Waals surface area contributed by atoms with E-state index in [1.165, 1.54) is 18.7 Å². The summed E-state index contributed by atoms with van der Waals surface area (Å²) in [5.74, 6) is -0.419. The largest absolute Gasteiger partial charge is 0.345 e. The van der Waals surface area contributed by atoms with Gasteiger partial charge in [-0.15, -0.1) is 11.6 Å². The zero-order valence-corrected chi connectivity index (χ0v) is 10.8. The Labute approximate surface area is 111 Å². The van der Waals surface area contributed by atoms with Crippen LogP contribution >= 0.6 is 11.6 Å². The van der Waals surface area contributed by atoms with Crippen LogP contribution in [0.5, 0.6) is 0 Å². The van der Waals surface area contributed by atoms with E-state index in [9.17, 15) is 9.18 Å². The van der Waals surface area contributed by atoms with E-state index in [1.54, 1.807) is 0 Å². The summed E-state index contributed by atoms with van der Waals surface area (Å²) in [5, 5.41) is 2.95. The van der Waals surface area contributed by atoms with Gasteiger partial charge in [0.1, 0.15) is 5.82 Å². The summed E-state index contributed by atoms with van der Waals surface area (Å²) >= 11 is 6.00. The lowest BCUT2D eigenvalue weighted by atomic mass is 9.83. The number of carbonyl (C=O) groups is 1. The van der Waals surface area contributed by atoms with Crippen molar-refractivity contribution >= 4 is 17.5 Å². The Morgan fingerprint density at radius 3 is 2.72 bits per heavy atom. The van der Waals surface area contributed by atoms with Crippen LogP contribution in [0.15, 0.2) is 18.5 Å². The van der Waals surface area contributed by atoms with Crippen molar-refractivity contribution in [3.8, 4) is 0 Å². The molecule has 98 valence electrons. The van der Waals surface area contributed by atoms with Crippen LogP contribution in [0.25, 0.3) is 0 Å². The molecule has 1 heterocycles. The van der Waals surface area contributed by atoms with E-state index in [1.807, 2.05) is 0 Å². The maximum Gasteiger partial charge on any atom is 0.253 e. The maximum atomic E-state index is 13.0. The van der Waals surface area contributed by atoms with Gasteiger partial charge >= 0.3 is 0 Å². The molecule has 1 aromatic heterocycles. The first-order valence-corrected chi connectivity index (χ1v) is 6.68. The van der Waals surface area contributed by atoms with Crippen LogP contribution in [0.3, 0.4) is 0 Å². The smallest absolute Gasteiger partial charge is 0.253 e. The molecule has 18 heavy (non-hydrogen) atoms. The highest BCUT2D eigenvalue weighted by Gasteiger charge is 2.33. The van der Waals surface area contributed by atoms with Crippen molar-refractivity contribution in [3.05, 3.63) is 29.8 Å². The Morgan fingerprint density at radius 1 is 1.39 bits per heavy atom. The lowest BCUT2D eigenvalue weighted by Crippen LogP contribution is -2.51. The molecule has 1 fully saturated rings. The SMILES string of the molecule is O=C(NC1(CCl)CCCCC1)c1cncc(F)c1. The van der Waals surface area contributed by atoms with Gasteiger partial charge in [0.2, 0.25) is 0 Å². The Balaban J connectivity index is 2.10. The fourth-order valence-corrected chi connectivity index (χ4v) is 2.70. The average Bonchev–Trinajstić information content (AvgIpc) is 2.40. The van der Waals surface area contributed by atoms with Gasteiger partial charge < -0.3 is 5.32 Å². The van der Waals surface area contributed by atoms with E-state index in [2.05, 4.69) is 10.3 Å². The second kappa shape index (κ2) is 5.65. The number of alkyl halides is 1. The third kappa shape index (κ3) is 2.99. The molecule has 0 unspecified atom stereocenters. The number of carbonyl (C=O) groups excluding carboxylic acids is 1. The summed E-state index contributed by atoms with van der Waals surface area (Å²) < 4.78 is 13.0. The first kappa shape index (κ1) is 13.3. The van der Waals surface area contributed by atoms with Gasteiger partial charge in [-0.2, -0.15) is 0 Å². The summed E-state index contributed by atoms with van der Waals surface area (Å²) in [6.45, 7) is 0. The van der Waals surface area contributed by atoms with E-state index in [4.69, 9.17) is 11.6 Å². The molecule has 0 atom stereocenters. The van der Waals surface area contributed by atoms with Crippen molar-refractivity contribution in [2.75, 3.05) is 5.88 Å². The number of pyridine rings is 1. The predicted molar refractivity (Wildman–Crippen MR) is 68.2 cm³/mol. The first-order chi connectivity index (χ1) is 8.65.